The average Bonchev–Trinajstić information content (AvgIpc) is 3.26. The number of fused-ring (bicyclic) bond motifs is 6. The lowest BCUT2D eigenvalue weighted by Crippen LogP contribution is -2.18. The first kappa shape index (κ1) is 17.0. The molecule has 2 aliphatic heterocycles. The molecule has 0 N–H and O–H groups in total. The molecule has 2 aliphatic rings. The first-order valence-electron chi connectivity index (χ1n) is 9.87. The van der Waals surface area contributed by atoms with Gasteiger partial charge in [0.1, 0.15) is 0 Å². The van der Waals surface area contributed by atoms with Gasteiger partial charge < -0.3 is 9.13 Å². The van der Waals surface area contributed by atoms with Crippen LogP contribution in [-0.2, 0) is 35.5 Å². The zero-order valence-electron chi connectivity index (χ0n) is 15.7. The molecule has 0 saturated heterocycles. The van der Waals surface area contributed by atoms with Gasteiger partial charge in [-0.1, -0.05) is 36.4 Å². The van der Waals surface area contributed by atoms with Gasteiger partial charge in [-0.15, -0.1) is 0 Å². The molecule has 4 heteroatoms. The fourth-order valence-corrected chi connectivity index (χ4v) is 4.37. The van der Waals surface area contributed by atoms with E-state index in [9.17, 15) is 9.59 Å². The van der Waals surface area contributed by atoms with Crippen LogP contribution in [0.1, 0.15) is 24.2 Å². The largest absolute Gasteiger partial charge is 0.337 e. The number of aromatic nitrogens is 2. The predicted molar refractivity (Wildman–Crippen MR) is 111 cm³/mol. The zero-order valence-corrected chi connectivity index (χ0v) is 15.7. The minimum atomic E-state index is 0.346. The second-order valence-corrected chi connectivity index (χ2v) is 7.64. The van der Waals surface area contributed by atoms with Crippen molar-refractivity contribution in [3.63, 3.8) is 0 Å². The van der Waals surface area contributed by atoms with Crippen LogP contribution in [0.15, 0.2) is 60.7 Å². The molecule has 140 valence electrons. The molecule has 4 nitrogen and oxygen atoms in total. The van der Waals surface area contributed by atoms with Gasteiger partial charge in [-0.3, -0.25) is 9.59 Å². The summed E-state index contributed by atoms with van der Waals surface area (Å²) in [5, 5.41) is 2.49. The van der Waals surface area contributed by atoms with E-state index in [1.807, 2.05) is 24.3 Å². The van der Waals surface area contributed by atoms with Crippen molar-refractivity contribution in [2.24, 2.45) is 0 Å². The Hall–Kier alpha value is -3.14. The minimum Gasteiger partial charge on any atom is -0.337 e. The monoisotopic (exact) mass is 370 g/mol. The Morgan fingerprint density at radius 3 is 1.46 bits per heavy atom. The number of hydrogen-bond acceptors (Lipinski definition) is 2. The van der Waals surface area contributed by atoms with Crippen molar-refractivity contribution in [1.82, 2.24) is 9.13 Å². The Kier molecular flexibility index (Phi) is 4.12. The number of ketones is 2. The van der Waals surface area contributed by atoms with Crippen LogP contribution in [0.4, 0.5) is 0 Å². The molecule has 4 aromatic rings. The Balaban J connectivity index is 0.000000122. The number of para-hydroxylation sites is 2. The average molecular weight is 370 g/mol. The van der Waals surface area contributed by atoms with Crippen molar-refractivity contribution in [2.45, 2.75) is 38.8 Å². The first-order chi connectivity index (χ1) is 13.7. The van der Waals surface area contributed by atoms with Crippen LogP contribution in [0.25, 0.3) is 21.8 Å². The summed E-state index contributed by atoms with van der Waals surface area (Å²) < 4.78 is 4.28. The maximum atomic E-state index is 11.3. The van der Waals surface area contributed by atoms with Crippen LogP contribution >= 0.6 is 0 Å². The van der Waals surface area contributed by atoms with Gasteiger partial charge in [-0.25, -0.2) is 0 Å². The molecule has 0 atom stereocenters. The van der Waals surface area contributed by atoms with Gasteiger partial charge in [0.25, 0.3) is 0 Å². The third-order valence-corrected chi connectivity index (χ3v) is 5.78. The molecular weight excluding hydrogens is 348 g/mol. The topological polar surface area (TPSA) is 44.0 Å². The fraction of sp³-hybridized carbons (Fsp3) is 0.250. The maximum Gasteiger partial charge on any atom is 0.152 e. The highest BCUT2D eigenvalue weighted by atomic mass is 16.1. The number of hydrogen-bond donors (Lipinski definition) is 0. The lowest BCUT2D eigenvalue weighted by molar-refractivity contribution is -0.121. The van der Waals surface area contributed by atoms with E-state index >= 15 is 0 Å². The van der Waals surface area contributed by atoms with E-state index in [4.69, 9.17) is 0 Å². The quantitative estimate of drug-likeness (QED) is 0.463. The lowest BCUT2D eigenvalue weighted by atomic mass is 10.1. The summed E-state index contributed by atoms with van der Waals surface area (Å²) in [6, 6.07) is 20.9. The Morgan fingerprint density at radius 1 is 0.571 bits per heavy atom. The summed E-state index contributed by atoms with van der Waals surface area (Å²) >= 11 is 0. The minimum absolute atomic E-state index is 0.346. The number of carbonyl (C=O) groups excluding carboxylic acids is 2. The number of nitrogens with zero attached hydrogens (tertiary/aromatic N) is 2. The maximum absolute atomic E-state index is 11.3. The molecule has 2 aromatic heterocycles. The van der Waals surface area contributed by atoms with Crippen molar-refractivity contribution in [1.29, 1.82) is 0 Å². The molecule has 4 heterocycles. The normalized spacial score (nSPS) is 15.9. The van der Waals surface area contributed by atoms with E-state index in [0.29, 0.717) is 37.5 Å². The molecule has 0 unspecified atom stereocenters. The van der Waals surface area contributed by atoms with Gasteiger partial charge in [-0.2, -0.15) is 0 Å². The molecule has 2 aromatic carbocycles. The van der Waals surface area contributed by atoms with Crippen LogP contribution in [-0.4, -0.2) is 20.7 Å². The lowest BCUT2D eigenvalue weighted by Gasteiger charge is -2.14. The standard InChI is InChI=1S/2C12H11NO/c2*14-11-6-5-10-7-9-3-1-2-4-12(9)13(10)8-11/h2*1-4,7H,5-6,8H2. The van der Waals surface area contributed by atoms with Gasteiger partial charge in [0.05, 0.1) is 13.1 Å². The van der Waals surface area contributed by atoms with Gasteiger partial charge >= 0.3 is 0 Å². The first-order valence-corrected chi connectivity index (χ1v) is 9.87. The van der Waals surface area contributed by atoms with Gasteiger partial charge in [0.2, 0.25) is 0 Å². The summed E-state index contributed by atoms with van der Waals surface area (Å²) in [6.07, 6.45) is 3.20. The van der Waals surface area contributed by atoms with Crippen molar-refractivity contribution in [3.05, 3.63) is 72.1 Å². The molecule has 0 bridgehead atoms. The van der Waals surface area contributed by atoms with E-state index in [1.54, 1.807) is 0 Å². The molecule has 0 aliphatic carbocycles. The molecule has 0 spiro atoms. The predicted octanol–water partition coefficient (Wildman–Crippen LogP) is 4.31. The molecule has 6 rings (SSSR count). The molecule has 28 heavy (non-hydrogen) atoms. The van der Waals surface area contributed by atoms with E-state index in [1.165, 1.54) is 33.2 Å². The third-order valence-electron chi connectivity index (χ3n) is 5.78. The van der Waals surface area contributed by atoms with E-state index in [-0.39, 0.29) is 0 Å². The summed E-state index contributed by atoms with van der Waals surface area (Å²) in [5.41, 5.74) is 4.97. The van der Waals surface area contributed by atoms with Crippen LogP contribution in [0, 0.1) is 0 Å². The van der Waals surface area contributed by atoms with Crippen LogP contribution in [0.5, 0.6) is 0 Å². The van der Waals surface area contributed by atoms with Crippen molar-refractivity contribution >= 4 is 33.4 Å². The number of aryl methyl sites for hydroxylation is 2. The Labute approximate surface area is 163 Å². The third kappa shape index (κ3) is 2.95. The van der Waals surface area contributed by atoms with Crippen molar-refractivity contribution in [3.8, 4) is 0 Å². The van der Waals surface area contributed by atoms with Crippen LogP contribution < -0.4 is 0 Å². The highest BCUT2D eigenvalue weighted by Crippen LogP contribution is 2.24. The number of Topliss-reactive ketones (excluding diaryl/α,β-unsaturated/α-hetero) is 2. The van der Waals surface area contributed by atoms with Crippen LogP contribution in [0.2, 0.25) is 0 Å². The van der Waals surface area contributed by atoms with Crippen molar-refractivity contribution in [2.75, 3.05) is 0 Å². The summed E-state index contributed by atoms with van der Waals surface area (Å²) in [5.74, 6) is 0.692. The Morgan fingerprint density at radius 2 is 1.00 bits per heavy atom. The number of carbonyl (C=O) groups is 2. The number of benzene rings is 2. The number of rotatable bonds is 0. The van der Waals surface area contributed by atoms with Crippen molar-refractivity contribution < 1.29 is 9.59 Å². The van der Waals surface area contributed by atoms with E-state index < -0.39 is 0 Å². The smallest absolute Gasteiger partial charge is 0.152 e. The molecule has 0 amide bonds. The molecule has 0 fully saturated rings. The summed E-state index contributed by atoms with van der Waals surface area (Å²) in [7, 11) is 0. The molecular formula is C24H22N2O2. The fourth-order valence-electron chi connectivity index (χ4n) is 4.37. The molecule has 0 radical (unpaired) electrons. The highest BCUT2D eigenvalue weighted by molar-refractivity contribution is 5.87. The highest BCUT2D eigenvalue weighted by Gasteiger charge is 2.18. The van der Waals surface area contributed by atoms with Gasteiger partial charge in [0.15, 0.2) is 11.6 Å². The van der Waals surface area contributed by atoms with Gasteiger partial charge in [-0.05, 0) is 47.9 Å². The zero-order chi connectivity index (χ0) is 19.1. The second kappa shape index (κ2) is 6.79. The van der Waals surface area contributed by atoms with Gasteiger partial charge in [0, 0.05) is 35.3 Å². The summed E-state index contributed by atoms with van der Waals surface area (Å²) in [4.78, 5) is 22.7. The van der Waals surface area contributed by atoms with Crippen LogP contribution in [0.3, 0.4) is 0 Å². The van der Waals surface area contributed by atoms with E-state index in [0.717, 1.165) is 12.8 Å². The SMILES string of the molecule is O=C1CCc2cc3ccccc3n2C1.O=C1CCc2cc3ccccc3n2C1. The summed E-state index contributed by atoms with van der Waals surface area (Å²) in [6.45, 7) is 1.12. The van der Waals surface area contributed by atoms with E-state index in [2.05, 4.69) is 45.5 Å². The molecule has 0 saturated carbocycles. The Bertz CT molecular complexity index is 1120. The second-order valence-electron chi connectivity index (χ2n) is 7.64.